The van der Waals surface area contributed by atoms with Crippen molar-refractivity contribution in [2.24, 2.45) is 0 Å². The van der Waals surface area contributed by atoms with E-state index < -0.39 is 29.3 Å². The van der Waals surface area contributed by atoms with Crippen LogP contribution in [0.5, 0.6) is 0 Å². The molecule has 0 bridgehead atoms. The molecule has 0 radical (unpaired) electrons. The van der Waals surface area contributed by atoms with Crippen molar-refractivity contribution in [2.45, 2.75) is 19.9 Å². The summed E-state index contributed by atoms with van der Waals surface area (Å²) in [7, 11) is 0. The molecule has 1 aliphatic rings. The van der Waals surface area contributed by atoms with Crippen LogP contribution in [0.15, 0.2) is 65.2 Å². The smallest absolute Gasteiger partial charge is 0.296 e. The number of halogens is 1. The van der Waals surface area contributed by atoms with E-state index >= 15 is 0 Å². The van der Waals surface area contributed by atoms with Crippen LogP contribution < -0.4 is 4.90 Å². The number of carbonyl (C=O) groups is 2. The number of ketones is 1. The Kier molecular flexibility index (Phi) is 4.91. The molecule has 1 N–H and O–H groups in total. The fourth-order valence-corrected chi connectivity index (χ4v) is 5.87. The van der Waals surface area contributed by atoms with E-state index in [9.17, 15) is 19.1 Å². The van der Waals surface area contributed by atoms with Gasteiger partial charge in [0, 0.05) is 5.56 Å². The zero-order valence-electron chi connectivity index (χ0n) is 17.1. The van der Waals surface area contributed by atoms with Crippen LogP contribution in [0.1, 0.15) is 32.4 Å². The molecule has 0 aliphatic carbocycles. The Hall–Kier alpha value is -3.36. The molecule has 0 saturated heterocycles. The summed E-state index contributed by atoms with van der Waals surface area (Å²) in [4.78, 5) is 32.7. The summed E-state index contributed by atoms with van der Waals surface area (Å²) in [6, 6.07) is 12.1. The van der Waals surface area contributed by atoms with Crippen molar-refractivity contribution in [3.05, 3.63) is 92.6 Å². The van der Waals surface area contributed by atoms with Crippen molar-refractivity contribution in [1.82, 2.24) is 4.98 Å². The molecule has 1 atom stereocenters. The largest absolute Gasteiger partial charge is 0.503 e. The Morgan fingerprint density at radius 2 is 1.94 bits per heavy atom. The molecule has 2 aromatic carbocycles. The number of rotatable bonds is 4. The highest BCUT2D eigenvalue weighted by Gasteiger charge is 2.47. The monoisotopic (exact) mass is 464 g/mol. The third-order valence-electron chi connectivity index (χ3n) is 5.42. The Balaban J connectivity index is 1.72. The number of thiophene rings is 1. The molecule has 32 heavy (non-hydrogen) atoms. The fourth-order valence-electron chi connectivity index (χ4n) is 4.03. The van der Waals surface area contributed by atoms with Gasteiger partial charge in [-0.25, -0.2) is 9.37 Å². The maximum Gasteiger partial charge on any atom is 0.296 e. The summed E-state index contributed by atoms with van der Waals surface area (Å²) >= 11 is 2.46. The number of aliphatic hydroxyl groups is 1. The van der Waals surface area contributed by atoms with Crippen LogP contribution in [0, 0.1) is 19.7 Å². The predicted octanol–water partition coefficient (Wildman–Crippen LogP) is 5.90. The number of thiazole rings is 1. The second-order valence-corrected chi connectivity index (χ2v) is 9.55. The van der Waals surface area contributed by atoms with E-state index in [0.29, 0.717) is 10.0 Å². The summed E-state index contributed by atoms with van der Waals surface area (Å²) in [6.07, 6.45) is 0. The Morgan fingerprint density at radius 3 is 2.66 bits per heavy atom. The fraction of sp³-hybridized carbons (Fsp3) is 0.125. The standard InChI is InChI=1S/C24H17FN2O3S2/c1-12-10-13(2)19-17(11-12)32-24(26-19)27-20(14-6-3-4-7-15(14)25)18(22(29)23(27)30)21(28)16-8-5-9-31-16/h3-11,20,29H,1-2H3/t20-/m0/s1. The number of nitrogens with zero attached hydrogens (tertiary/aromatic N) is 2. The van der Waals surface area contributed by atoms with Crippen LogP contribution in [-0.2, 0) is 4.79 Å². The van der Waals surface area contributed by atoms with Gasteiger partial charge in [-0.3, -0.25) is 14.5 Å². The third kappa shape index (κ3) is 3.14. The molecular formula is C24H17FN2O3S2. The van der Waals surface area contributed by atoms with Crippen LogP contribution in [0.2, 0.25) is 0 Å². The van der Waals surface area contributed by atoms with Crippen molar-refractivity contribution < 1.29 is 19.1 Å². The van der Waals surface area contributed by atoms with Crippen LogP contribution in [0.25, 0.3) is 10.2 Å². The molecule has 0 unspecified atom stereocenters. The van der Waals surface area contributed by atoms with Crippen molar-refractivity contribution in [2.75, 3.05) is 4.90 Å². The molecule has 8 heteroatoms. The molecule has 2 aromatic heterocycles. The molecule has 5 nitrogen and oxygen atoms in total. The van der Waals surface area contributed by atoms with E-state index in [1.54, 1.807) is 23.6 Å². The molecule has 160 valence electrons. The van der Waals surface area contributed by atoms with E-state index in [0.717, 1.165) is 21.3 Å². The molecule has 0 fully saturated rings. The normalized spacial score (nSPS) is 16.4. The molecule has 1 aliphatic heterocycles. The first kappa shape index (κ1) is 20.5. The second-order valence-electron chi connectivity index (χ2n) is 7.59. The number of anilines is 1. The Bertz CT molecular complexity index is 1420. The van der Waals surface area contributed by atoms with Gasteiger partial charge >= 0.3 is 0 Å². The number of aryl methyl sites for hydroxylation is 2. The summed E-state index contributed by atoms with van der Waals surface area (Å²) in [5, 5.41) is 12.8. The summed E-state index contributed by atoms with van der Waals surface area (Å²) in [6.45, 7) is 3.90. The lowest BCUT2D eigenvalue weighted by Crippen LogP contribution is -2.31. The van der Waals surface area contributed by atoms with Crippen LogP contribution in [0.3, 0.4) is 0 Å². The summed E-state index contributed by atoms with van der Waals surface area (Å²) < 4.78 is 15.8. The number of carbonyl (C=O) groups excluding carboxylic acids is 2. The van der Waals surface area contributed by atoms with Gasteiger partial charge in [0.2, 0.25) is 5.78 Å². The van der Waals surface area contributed by atoms with Gasteiger partial charge in [-0.15, -0.1) is 11.3 Å². The maximum absolute atomic E-state index is 14.9. The minimum atomic E-state index is -1.12. The van der Waals surface area contributed by atoms with Gasteiger partial charge in [0.25, 0.3) is 5.91 Å². The second kappa shape index (κ2) is 7.65. The number of aromatic nitrogens is 1. The van der Waals surface area contributed by atoms with Gasteiger partial charge < -0.3 is 5.11 Å². The van der Waals surface area contributed by atoms with Crippen LogP contribution in [0.4, 0.5) is 9.52 Å². The van der Waals surface area contributed by atoms with Gasteiger partial charge in [0.1, 0.15) is 11.9 Å². The summed E-state index contributed by atoms with van der Waals surface area (Å²) in [5.41, 5.74) is 2.71. The van der Waals surface area contributed by atoms with Crippen LogP contribution >= 0.6 is 22.7 Å². The number of fused-ring (bicyclic) bond motifs is 1. The first-order chi connectivity index (χ1) is 15.4. The van der Waals surface area contributed by atoms with Gasteiger partial charge in [-0.2, -0.15) is 0 Å². The van der Waals surface area contributed by atoms with E-state index in [4.69, 9.17) is 0 Å². The van der Waals surface area contributed by atoms with Crippen molar-refractivity contribution in [3.8, 4) is 0 Å². The van der Waals surface area contributed by atoms with Crippen molar-refractivity contribution >= 4 is 49.7 Å². The Labute approximate surface area is 191 Å². The molecule has 3 heterocycles. The molecular weight excluding hydrogens is 447 g/mol. The highest BCUT2D eigenvalue weighted by atomic mass is 32.1. The highest BCUT2D eigenvalue weighted by molar-refractivity contribution is 7.22. The highest BCUT2D eigenvalue weighted by Crippen LogP contribution is 2.45. The lowest BCUT2D eigenvalue weighted by molar-refractivity contribution is -0.117. The molecule has 4 aromatic rings. The zero-order valence-corrected chi connectivity index (χ0v) is 18.8. The molecule has 1 amide bonds. The quantitative estimate of drug-likeness (QED) is 0.382. The minimum absolute atomic E-state index is 0.122. The van der Waals surface area contributed by atoms with Gasteiger partial charge in [-0.05, 0) is 48.6 Å². The van der Waals surface area contributed by atoms with E-state index in [-0.39, 0.29) is 11.1 Å². The number of hydrogen-bond donors (Lipinski definition) is 1. The summed E-state index contributed by atoms with van der Waals surface area (Å²) in [5.74, 6) is -2.53. The molecule has 0 spiro atoms. The lowest BCUT2D eigenvalue weighted by Gasteiger charge is -2.24. The number of Topliss-reactive ketones (excluding diaryl/α,β-unsaturated/α-hetero) is 1. The third-order valence-corrected chi connectivity index (χ3v) is 7.29. The first-order valence-corrected chi connectivity index (χ1v) is 11.5. The predicted molar refractivity (Wildman–Crippen MR) is 124 cm³/mol. The van der Waals surface area contributed by atoms with Gasteiger partial charge in [-0.1, -0.05) is 41.7 Å². The lowest BCUT2D eigenvalue weighted by atomic mass is 9.95. The zero-order chi connectivity index (χ0) is 22.6. The van der Waals surface area contributed by atoms with Crippen LogP contribution in [-0.4, -0.2) is 21.8 Å². The Morgan fingerprint density at radius 1 is 1.16 bits per heavy atom. The topological polar surface area (TPSA) is 70.5 Å². The van der Waals surface area contributed by atoms with E-state index in [1.165, 1.54) is 45.8 Å². The van der Waals surface area contributed by atoms with Gasteiger partial charge in [0.05, 0.1) is 20.7 Å². The average Bonchev–Trinajstić information content (AvgIpc) is 3.47. The van der Waals surface area contributed by atoms with Crippen molar-refractivity contribution in [3.63, 3.8) is 0 Å². The minimum Gasteiger partial charge on any atom is -0.503 e. The number of amides is 1. The average molecular weight is 465 g/mol. The number of hydrogen-bond acceptors (Lipinski definition) is 6. The first-order valence-electron chi connectivity index (χ1n) is 9.84. The van der Waals surface area contributed by atoms with Crippen molar-refractivity contribution in [1.29, 1.82) is 0 Å². The molecule has 5 rings (SSSR count). The molecule has 0 saturated carbocycles. The maximum atomic E-state index is 14.9. The van der Waals surface area contributed by atoms with E-state index in [1.807, 2.05) is 26.0 Å². The SMILES string of the molecule is Cc1cc(C)c2nc(N3C(=O)C(O)=C(C(=O)c4cccs4)[C@@H]3c3ccccc3F)sc2c1. The van der Waals surface area contributed by atoms with E-state index in [2.05, 4.69) is 4.98 Å². The number of benzene rings is 2. The number of aliphatic hydroxyl groups excluding tert-OH is 1. The van der Waals surface area contributed by atoms with Gasteiger partial charge in [0.15, 0.2) is 10.9 Å².